The summed E-state index contributed by atoms with van der Waals surface area (Å²) < 4.78 is 5.65. The highest BCUT2D eigenvalue weighted by Crippen LogP contribution is 2.24. The van der Waals surface area contributed by atoms with Crippen LogP contribution in [0.3, 0.4) is 0 Å². The van der Waals surface area contributed by atoms with E-state index in [1.807, 2.05) is 37.2 Å². The van der Waals surface area contributed by atoms with Crippen molar-refractivity contribution in [2.24, 2.45) is 0 Å². The molecule has 2 amide bonds. The summed E-state index contributed by atoms with van der Waals surface area (Å²) >= 11 is 0. The van der Waals surface area contributed by atoms with Gasteiger partial charge in [0, 0.05) is 37.6 Å². The Morgan fingerprint density at radius 2 is 1.60 bits per heavy atom. The van der Waals surface area contributed by atoms with Gasteiger partial charge in [0.1, 0.15) is 18.3 Å². The Morgan fingerprint density at radius 1 is 0.967 bits per heavy atom. The van der Waals surface area contributed by atoms with Crippen molar-refractivity contribution >= 4 is 23.2 Å². The summed E-state index contributed by atoms with van der Waals surface area (Å²) in [6, 6.07) is 16.0. The van der Waals surface area contributed by atoms with E-state index in [0.717, 1.165) is 5.69 Å². The van der Waals surface area contributed by atoms with Gasteiger partial charge < -0.3 is 30.5 Å². The highest BCUT2D eigenvalue weighted by atomic mass is 16.5. The van der Waals surface area contributed by atoms with Gasteiger partial charge in [-0.3, -0.25) is 9.59 Å². The van der Waals surface area contributed by atoms with Gasteiger partial charge in [-0.2, -0.15) is 0 Å². The summed E-state index contributed by atoms with van der Waals surface area (Å²) in [5, 5.41) is 25.9. The van der Waals surface area contributed by atoms with E-state index >= 15 is 0 Å². The van der Waals surface area contributed by atoms with Gasteiger partial charge in [-0.15, -0.1) is 0 Å². The van der Waals surface area contributed by atoms with Crippen molar-refractivity contribution in [2.45, 2.75) is 30.8 Å². The number of amides is 2. The van der Waals surface area contributed by atoms with Crippen LogP contribution in [-0.2, 0) is 9.53 Å². The predicted octanol–water partition coefficient (Wildman–Crippen LogP) is 1.00. The molecule has 30 heavy (non-hydrogen) atoms. The first-order valence-corrected chi connectivity index (χ1v) is 9.77. The molecule has 4 N–H and O–H groups in total. The van der Waals surface area contributed by atoms with E-state index < -0.39 is 24.4 Å². The van der Waals surface area contributed by atoms with Crippen LogP contribution >= 0.6 is 0 Å². The van der Waals surface area contributed by atoms with Gasteiger partial charge in [0.05, 0.1) is 12.5 Å². The van der Waals surface area contributed by atoms with Crippen LogP contribution in [0, 0.1) is 0 Å². The summed E-state index contributed by atoms with van der Waals surface area (Å²) in [4.78, 5) is 26.5. The van der Waals surface area contributed by atoms with Gasteiger partial charge >= 0.3 is 0 Å². The standard InChI is InChI=1S/C22H27N3O5/c1-25(2)16-10-8-14(9-11-16)22(29)23-13-18-21(28)20(27)17(30-18)12-19(26)24-15-6-4-3-5-7-15/h3-11,17-18,20-21,27-28H,12-13H2,1-2H3,(H,23,29)(H,24,26)/t17-,18+,20-,21+/m0/s1. The number of aliphatic hydroxyl groups excluding tert-OH is 2. The Bertz CT molecular complexity index is 857. The molecule has 8 heteroatoms. The van der Waals surface area contributed by atoms with Crippen LogP contribution in [0.15, 0.2) is 54.6 Å². The molecule has 3 rings (SSSR count). The number of carbonyl (C=O) groups is 2. The number of hydrogen-bond donors (Lipinski definition) is 4. The summed E-state index contributed by atoms with van der Waals surface area (Å²) in [6.07, 6.45) is -4.18. The van der Waals surface area contributed by atoms with Gasteiger partial charge in [0.2, 0.25) is 5.91 Å². The average molecular weight is 413 g/mol. The maximum absolute atomic E-state index is 12.3. The fourth-order valence-electron chi connectivity index (χ4n) is 3.29. The molecule has 8 nitrogen and oxygen atoms in total. The minimum Gasteiger partial charge on any atom is -0.388 e. The SMILES string of the molecule is CN(C)c1ccc(C(=O)NC[C@H]2O[C@@H](CC(=O)Nc3ccccc3)[C@H](O)[C@@H]2O)cc1. The molecule has 0 bridgehead atoms. The van der Waals surface area contributed by atoms with Crippen LogP contribution in [0.5, 0.6) is 0 Å². The van der Waals surface area contributed by atoms with E-state index in [9.17, 15) is 19.8 Å². The summed E-state index contributed by atoms with van der Waals surface area (Å²) in [5.41, 5.74) is 2.09. The normalized spacial score (nSPS) is 23.1. The lowest BCUT2D eigenvalue weighted by molar-refractivity contribution is -0.120. The lowest BCUT2D eigenvalue weighted by Crippen LogP contribution is -2.40. The van der Waals surface area contributed by atoms with Crippen LogP contribution in [0.2, 0.25) is 0 Å². The first kappa shape index (κ1) is 21.8. The number of nitrogens with one attached hydrogen (secondary N) is 2. The van der Waals surface area contributed by atoms with E-state index in [4.69, 9.17) is 4.74 Å². The molecule has 160 valence electrons. The third kappa shape index (κ3) is 5.35. The van der Waals surface area contributed by atoms with Gasteiger partial charge in [-0.1, -0.05) is 18.2 Å². The number of carbonyl (C=O) groups excluding carboxylic acids is 2. The van der Waals surface area contributed by atoms with Crippen LogP contribution < -0.4 is 15.5 Å². The van der Waals surface area contributed by atoms with Crippen LogP contribution in [0.25, 0.3) is 0 Å². The van der Waals surface area contributed by atoms with Crippen molar-refractivity contribution in [3.63, 3.8) is 0 Å². The second-order valence-corrected chi connectivity index (χ2v) is 7.46. The second kappa shape index (κ2) is 9.71. The highest BCUT2D eigenvalue weighted by molar-refractivity contribution is 5.94. The topological polar surface area (TPSA) is 111 Å². The van der Waals surface area contributed by atoms with E-state index in [1.54, 1.807) is 36.4 Å². The van der Waals surface area contributed by atoms with Crippen LogP contribution in [0.1, 0.15) is 16.8 Å². The Labute approximate surface area is 175 Å². The zero-order valence-corrected chi connectivity index (χ0v) is 17.0. The second-order valence-electron chi connectivity index (χ2n) is 7.46. The maximum Gasteiger partial charge on any atom is 0.251 e. The molecule has 0 saturated carbocycles. The molecule has 4 atom stereocenters. The van der Waals surface area contributed by atoms with Crippen molar-refractivity contribution in [1.82, 2.24) is 5.32 Å². The third-order valence-corrected chi connectivity index (χ3v) is 5.02. The Kier molecular flexibility index (Phi) is 7.04. The summed E-state index contributed by atoms with van der Waals surface area (Å²) in [5.74, 6) is -0.640. The number of para-hydroxylation sites is 1. The lowest BCUT2D eigenvalue weighted by atomic mass is 10.1. The minimum absolute atomic E-state index is 0.0172. The molecule has 0 radical (unpaired) electrons. The third-order valence-electron chi connectivity index (χ3n) is 5.02. The predicted molar refractivity (Wildman–Crippen MR) is 113 cm³/mol. The summed E-state index contributed by atoms with van der Waals surface area (Å²) in [7, 11) is 3.82. The number of ether oxygens (including phenoxy) is 1. The van der Waals surface area contributed by atoms with Crippen molar-refractivity contribution in [3.8, 4) is 0 Å². The van der Waals surface area contributed by atoms with E-state index in [1.165, 1.54) is 0 Å². The monoisotopic (exact) mass is 413 g/mol. The maximum atomic E-state index is 12.3. The van der Waals surface area contributed by atoms with Crippen molar-refractivity contribution in [3.05, 3.63) is 60.2 Å². The molecule has 1 aliphatic heterocycles. The quantitative estimate of drug-likeness (QED) is 0.539. The van der Waals surface area contributed by atoms with E-state index in [0.29, 0.717) is 11.3 Å². The zero-order valence-electron chi connectivity index (χ0n) is 17.0. The molecule has 0 unspecified atom stereocenters. The van der Waals surface area contributed by atoms with Gasteiger partial charge in [0.15, 0.2) is 0 Å². The first-order valence-electron chi connectivity index (χ1n) is 9.77. The van der Waals surface area contributed by atoms with Crippen molar-refractivity contribution < 1.29 is 24.5 Å². The van der Waals surface area contributed by atoms with E-state index in [2.05, 4.69) is 10.6 Å². The molecule has 2 aromatic carbocycles. The highest BCUT2D eigenvalue weighted by Gasteiger charge is 2.43. The van der Waals surface area contributed by atoms with Gasteiger partial charge in [-0.05, 0) is 36.4 Å². The Hall–Kier alpha value is -2.94. The molecule has 1 heterocycles. The number of hydrogen-bond acceptors (Lipinski definition) is 6. The molecule has 0 aliphatic carbocycles. The number of nitrogens with zero attached hydrogens (tertiary/aromatic N) is 1. The minimum atomic E-state index is -1.21. The van der Waals surface area contributed by atoms with Crippen LogP contribution in [-0.4, -0.2) is 67.1 Å². The molecule has 2 aromatic rings. The number of anilines is 2. The smallest absolute Gasteiger partial charge is 0.251 e. The number of aliphatic hydroxyl groups is 2. The molecule has 0 aromatic heterocycles. The zero-order chi connectivity index (χ0) is 21.7. The Balaban J connectivity index is 1.51. The molecule has 1 aliphatic rings. The molecule has 1 saturated heterocycles. The molecular weight excluding hydrogens is 386 g/mol. The van der Waals surface area contributed by atoms with Gasteiger partial charge in [-0.25, -0.2) is 0 Å². The number of benzene rings is 2. The fourth-order valence-corrected chi connectivity index (χ4v) is 3.29. The van der Waals surface area contributed by atoms with Crippen molar-refractivity contribution in [1.29, 1.82) is 0 Å². The average Bonchev–Trinajstić information content (AvgIpc) is 3.00. The largest absolute Gasteiger partial charge is 0.388 e. The first-order chi connectivity index (χ1) is 14.3. The number of rotatable bonds is 7. The van der Waals surface area contributed by atoms with Crippen LogP contribution in [0.4, 0.5) is 11.4 Å². The molecule has 1 fully saturated rings. The molecular formula is C22H27N3O5. The lowest BCUT2D eigenvalue weighted by Gasteiger charge is -2.16. The van der Waals surface area contributed by atoms with Gasteiger partial charge in [0.25, 0.3) is 5.91 Å². The van der Waals surface area contributed by atoms with E-state index in [-0.39, 0.29) is 24.8 Å². The summed E-state index contributed by atoms with van der Waals surface area (Å²) in [6.45, 7) is 0.0172. The molecule has 0 spiro atoms. The van der Waals surface area contributed by atoms with Crippen molar-refractivity contribution in [2.75, 3.05) is 30.9 Å². The Morgan fingerprint density at radius 3 is 2.23 bits per heavy atom. The fraction of sp³-hybridized carbons (Fsp3) is 0.364.